The van der Waals surface area contributed by atoms with E-state index >= 15 is 0 Å². The number of allylic oxidation sites excluding steroid dienone is 2. The highest BCUT2D eigenvalue weighted by Crippen LogP contribution is 2.15. The van der Waals surface area contributed by atoms with Gasteiger partial charge in [-0.3, -0.25) is 4.99 Å². The number of thiocarbonyl (C=S) groups is 1. The van der Waals surface area contributed by atoms with Gasteiger partial charge < -0.3 is 30.7 Å². The Kier molecular flexibility index (Phi) is 14.4. The van der Waals surface area contributed by atoms with E-state index in [9.17, 15) is 4.79 Å². The van der Waals surface area contributed by atoms with Gasteiger partial charge in [-0.25, -0.2) is 4.79 Å². The van der Waals surface area contributed by atoms with Crippen LogP contribution in [0.4, 0.5) is 4.79 Å². The zero-order valence-electron chi connectivity index (χ0n) is 23.5. The minimum atomic E-state index is -0.558. The van der Waals surface area contributed by atoms with Crippen LogP contribution in [0.1, 0.15) is 66.7 Å². The van der Waals surface area contributed by atoms with Gasteiger partial charge in [0.25, 0.3) is 0 Å². The zero-order valence-corrected chi connectivity index (χ0v) is 24.3. The molecule has 4 N–H and O–H groups in total. The quantitative estimate of drug-likeness (QED) is 0.221. The first-order chi connectivity index (χ1) is 17.6. The summed E-state index contributed by atoms with van der Waals surface area (Å²) in [7, 11) is 0. The van der Waals surface area contributed by atoms with E-state index in [1.807, 2.05) is 34.6 Å². The largest absolute Gasteiger partial charge is 0.485 e. The second kappa shape index (κ2) is 16.9. The van der Waals surface area contributed by atoms with Crippen molar-refractivity contribution in [2.45, 2.75) is 78.4 Å². The molecule has 2 aliphatic heterocycles. The summed E-state index contributed by atoms with van der Waals surface area (Å²) < 4.78 is 11.2. The molecule has 0 radical (unpaired) electrons. The number of hydrogen-bond donors (Lipinski definition) is 4. The second-order valence-corrected chi connectivity index (χ2v) is 11.5. The molecule has 1 amide bonds. The van der Waals surface area contributed by atoms with E-state index < -0.39 is 11.7 Å². The average Bonchev–Trinajstić information content (AvgIpc) is 3.26. The predicted octanol–water partition coefficient (Wildman–Crippen LogP) is 4.12. The average molecular weight is 536 g/mol. The van der Waals surface area contributed by atoms with Crippen LogP contribution in [0.5, 0.6) is 0 Å². The van der Waals surface area contributed by atoms with Crippen molar-refractivity contribution < 1.29 is 14.3 Å². The maximum Gasteiger partial charge on any atom is 0.408 e. The van der Waals surface area contributed by atoms with E-state index in [0.29, 0.717) is 17.6 Å². The Hall–Kier alpha value is -1.81. The molecular formula is C28H49N5O3S. The van der Waals surface area contributed by atoms with Crippen molar-refractivity contribution in [1.82, 2.24) is 21.3 Å². The third-order valence-electron chi connectivity index (χ3n) is 6.14. The molecule has 2 atom stereocenters. The lowest BCUT2D eigenvalue weighted by atomic mass is 9.98. The number of alkyl carbamates (subject to hydrolysis) is 1. The number of nitrogens with zero attached hydrogens (tertiary/aromatic N) is 1. The van der Waals surface area contributed by atoms with Crippen LogP contribution < -0.4 is 21.3 Å². The van der Waals surface area contributed by atoms with Crippen LogP contribution in [0.3, 0.4) is 0 Å². The van der Waals surface area contributed by atoms with E-state index in [0.717, 1.165) is 77.1 Å². The summed E-state index contributed by atoms with van der Waals surface area (Å²) in [6, 6.07) is -0.369. The Morgan fingerprint density at radius 2 is 1.92 bits per heavy atom. The van der Waals surface area contributed by atoms with Gasteiger partial charge in [-0.05, 0) is 83.6 Å². The molecule has 8 nitrogen and oxygen atoms in total. The lowest BCUT2D eigenvalue weighted by molar-refractivity contribution is 0.0502. The molecule has 210 valence electrons. The second-order valence-electron chi connectivity index (χ2n) is 11.1. The van der Waals surface area contributed by atoms with Gasteiger partial charge in [0.05, 0.1) is 12.3 Å². The number of fused-ring (bicyclic) bond motifs is 1. The first-order valence-corrected chi connectivity index (χ1v) is 14.3. The van der Waals surface area contributed by atoms with Gasteiger partial charge >= 0.3 is 6.09 Å². The molecule has 0 aromatic carbocycles. The molecule has 37 heavy (non-hydrogen) atoms. The number of carbonyl (C=O) groups is 1. The van der Waals surface area contributed by atoms with Gasteiger partial charge in [-0.2, -0.15) is 0 Å². The van der Waals surface area contributed by atoms with Crippen molar-refractivity contribution in [3.8, 4) is 0 Å². The molecule has 2 rings (SSSR count). The zero-order chi connectivity index (χ0) is 27.1. The summed E-state index contributed by atoms with van der Waals surface area (Å²) in [4.78, 5) is 16.9. The molecule has 0 aromatic heterocycles. The number of nitrogens with one attached hydrogen (secondary N) is 4. The molecule has 2 unspecified atom stereocenters. The number of amides is 1. The lowest BCUT2D eigenvalue weighted by Gasteiger charge is -2.26. The van der Waals surface area contributed by atoms with E-state index in [1.165, 1.54) is 5.71 Å². The topological polar surface area (TPSA) is 96.0 Å². The summed E-state index contributed by atoms with van der Waals surface area (Å²) >= 11 is 5.48. The molecule has 0 saturated heterocycles. The molecule has 0 spiro atoms. The summed E-state index contributed by atoms with van der Waals surface area (Å²) in [5, 5.41) is 13.8. The smallest absolute Gasteiger partial charge is 0.408 e. The fourth-order valence-corrected chi connectivity index (χ4v) is 4.57. The molecule has 0 aliphatic carbocycles. The van der Waals surface area contributed by atoms with Gasteiger partial charge in [0, 0.05) is 38.3 Å². The molecule has 2 bridgehead atoms. The van der Waals surface area contributed by atoms with Crippen molar-refractivity contribution >= 4 is 29.1 Å². The van der Waals surface area contributed by atoms with Crippen LogP contribution in [0.15, 0.2) is 28.9 Å². The van der Waals surface area contributed by atoms with E-state index in [1.54, 1.807) is 0 Å². The summed E-state index contributed by atoms with van der Waals surface area (Å²) in [5.74, 6) is 0.618. The Bertz CT molecular complexity index is 804. The lowest BCUT2D eigenvalue weighted by Crippen LogP contribution is -2.46. The fraction of sp³-hybridized carbons (Fsp3) is 0.750. The summed E-state index contributed by atoms with van der Waals surface area (Å²) in [5.41, 5.74) is 1.83. The fourth-order valence-electron chi connectivity index (χ4n) is 4.16. The van der Waals surface area contributed by atoms with Gasteiger partial charge in [-0.15, -0.1) is 0 Å². The number of rotatable bonds is 7. The summed E-state index contributed by atoms with van der Waals surface area (Å²) in [6.07, 6.45) is 11.4. The highest BCUT2D eigenvalue weighted by atomic mass is 32.1. The van der Waals surface area contributed by atoms with Crippen LogP contribution >= 0.6 is 12.2 Å². The van der Waals surface area contributed by atoms with Crippen LogP contribution in [-0.2, 0) is 9.47 Å². The first-order valence-electron chi connectivity index (χ1n) is 13.8. The van der Waals surface area contributed by atoms with E-state index in [-0.39, 0.29) is 12.0 Å². The molecule has 9 heteroatoms. The maximum absolute atomic E-state index is 12.2. The third kappa shape index (κ3) is 14.1. The SMILES string of the molecule is CC(C)C(NC(=O)OC(C)(C)C)C(=S)OCCC=CC1CCCNCCNCC2=CCC(=N2)CNCC1. The highest BCUT2D eigenvalue weighted by Gasteiger charge is 2.25. The minimum absolute atomic E-state index is 0.100. The summed E-state index contributed by atoms with van der Waals surface area (Å²) in [6.45, 7) is 15.7. The van der Waals surface area contributed by atoms with Gasteiger partial charge in [0.15, 0.2) is 5.05 Å². The number of aliphatic imine (C=N–C) groups is 1. The molecule has 2 aliphatic rings. The van der Waals surface area contributed by atoms with Crippen molar-refractivity contribution in [3.63, 3.8) is 0 Å². The predicted molar refractivity (Wildman–Crippen MR) is 156 cm³/mol. The van der Waals surface area contributed by atoms with Gasteiger partial charge in [0.2, 0.25) is 0 Å². The normalized spacial score (nSPS) is 21.3. The van der Waals surface area contributed by atoms with E-state index in [2.05, 4.69) is 39.5 Å². The van der Waals surface area contributed by atoms with Crippen LogP contribution in [-0.4, -0.2) is 74.4 Å². The molecule has 0 saturated carbocycles. The minimum Gasteiger partial charge on any atom is -0.485 e. The monoisotopic (exact) mass is 535 g/mol. The van der Waals surface area contributed by atoms with Crippen molar-refractivity contribution in [3.05, 3.63) is 23.9 Å². The molecule has 0 aromatic rings. The third-order valence-corrected chi connectivity index (χ3v) is 6.51. The van der Waals surface area contributed by atoms with Crippen molar-refractivity contribution in [2.75, 3.05) is 45.9 Å². The number of hydrogen-bond acceptors (Lipinski definition) is 8. The maximum atomic E-state index is 12.2. The van der Waals surface area contributed by atoms with Crippen LogP contribution in [0, 0.1) is 11.8 Å². The van der Waals surface area contributed by atoms with Gasteiger partial charge in [0.1, 0.15) is 11.6 Å². The first kappa shape index (κ1) is 31.4. The highest BCUT2D eigenvalue weighted by molar-refractivity contribution is 7.80. The Labute approximate surface area is 229 Å². The van der Waals surface area contributed by atoms with Gasteiger partial charge in [-0.1, -0.05) is 32.1 Å². The van der Waals surface area contributed by atoms with Crippen molar-refractivity contribution in [2.24, 2.45) is 16.8 Å². The Morgan fingerprint density at radius 1 is 1.16 bits per heavy atom. The van der Waals surface area contributed by atoms with Crippen molar-refractivity contribution in [1.29, 1.82) is 0 Å². The Balaban J connectivity index is 1.77. The van der Waals surface area contributed by atoms with Crippen LogP contribution in [0.2, 0.25) is 0 Å². The molecule has 0 fully saturated rings. The number of ether oxygens (including phenoxy) is 2. The Morgan fingerprint density at radius 3 is 2.68 bits per heavy atom. The standard InChI is InChI=1S/C28H49N5O3S/c1-21(2)25(33-27(34)36-28(3,4)5)26(37)35-18-7-6-9-22-10-8-14-29-16-17-31-20-24-12-11-23(32-24)19-30-15-13-22/h6,9,12,21-22,25,29-31H,7-8,10-11,13-20H2,1-5H3,(H,33,34). The van der Waals surface area contributed by atoms with E-state index in [4.69, 9.17) is 26.7 Å². The van der Waals surface area contributed by atoms with Crippen LogP contribution in [0.25, 0.3) is 0 Å². The molecular weight excluding hydrogens is 486 g/mol. The number of carbonyl (C=O) groups excluding carboxylic acids is 1. The molecule has 2 heterocycles.